The quantitative estimate of drug-likeness (QED) is 0.891. The number of hydrogen-bond acceptors (Lipinski definition) is 3. The molecule has 0 radical (unpaired) electrons. The van der Waals surface area contributed by atoms with E-state index in [1.54, 1.807) is 10.9 Å². The normalized spacial score (nSPS) is 17.5. The predicted molar refractivity (Wildman–Crippen MR) is 92.7 cm³/mol. The molecule has 1 aromatic heterocycles. The molecule has 0 unspecified atom stereocenters. The highest BCUT2D eigenvalue weighted by Crippen LogP contribution is 2.39. The number of nitrogens with zero attached hydrogens (tertiary/aromatic N) is 3. The van der Waals surface area contributed by atoms with Crippen LogP contribution < -0.4 is 10.6 Å². The zero-order chi connectivity index (χ0) is 17.2. The Kier molecular flexibility index (Phi) is 4.76. The van der Waals surface area contributed by atoms with Crippen LogP contribution in [-0.2, 0) is 12.6 Å². The van der Waals surface area contributed by atoms with E-state index < -0.39 is 0 Å². The summed E-state index contributed by atoms with van der Waals surface area (Å²) in [6.07, 6.45) is 5.68. The maximum absolute atomic E-state index is 12.6. The van der Waals surface area contributed by atoms with Crippen molar-refractivity contribution in [2.24, 2.45) is 7.05 Å². The molecule has 2 N–H and O–H groups in total. The Hall–Kier alpha value is -2.08. The molecular formula is C17H22ClN5O. The molecule has 1 atom stereocenters. The molecule has 1 aliphatic rings. The second kappa shape index (κ2) is 6.81. The average Bonchev–Trinajstić information content (AvgIpc) is 3.17. The number of urea groups is 1. The molecule has 0 aliphatic heterocycles. The van der Waals surface area contributed by atoms with Crippen LogP contribution in [0, 0.1) is 0 Å². The van der Waals surface area contributed by atoms with E-state index in [1.165, 1.54) is 0 Å². The maximum Gasteiger partial charge on any atom is 0.316 e. The van der Waals surface area contributed by atoms with Crippen LogP contribution in [0.4, 0.5) is 4.79 Å². The minimum Gasteiger partial charge on any atom is -0.329 e. The molecule has 3 rings (SSSR count). The molecule has 2 aromatic rings. The highest BCUT2D eigenvalue weighted by atomic mass is 35.5. The summed E-state index contributed by atoms with van der Waals surface area (Å²) in [7, 11) is 1.86. The van der Waals surface area contributed by atoms with E-state index >= 15 is 0 Å². The maximum atomic E-state index is 12.6. The van der Waals surface area contributed by atoms with Gasteiger partial charge in [0.15, 0.2) is 5.82 Å². The number of amides is 2. The van der Waals surface area contributed by atoms with E-state index in [1.807, 2.05) is 38.2 Å². The first-order valence-electron chi connectivity index (χ1n) is 8.19. The van der Waals surface area contributed by atoms with Gasteiger partial charge in [-0.25, -0.2) is 4.79 Å². The lowest BCUT2D eigenvalue weighted by Crippen LogP contribution is -2.49. The molecule has 1 aromatic carbocycles. The molecule has 0 saturated heterocycles. The van der Waals surface area contributed by atoms with E-state index in [0.717, 1.165) is 37.1 Å². The molecule has 1 heterocycles. The lowest BCUT2D eigenvalue weighted by Gasteiger charge is -2.31. The summed E-state index contributed by atoms with van der Waals surface area (Å²) in [5.41, 5.74) is 0.778. The van der Waals surface area contributed by atoms with E-state index in [-0.39, 0.29) is 17.6 Å². The van der Waals surface area contributed by atoms with Crippen LogP contribution >= 0.6 is 11.6 Å². The Labute approximate surface area is 146 Å². The Morgan fingerprint density at radius 2 is 1.96 bits per heavy atom. The highest BCUT2D eigenvalue weighted by molar-refractivity contribution is 6.30. The number of rotatable bonds is 4. The fourth-order valence-electron chi connectivity index (χ4n) is 3.43. The molecule has 2 amide bonds. The molecule has 24 heavy (non-hydrogen) atoms. The number of carbonyl (C=O) groups excluding carboxylic acids is 1. The van der Waals surface area contributed by atoms with Gasteiger partial charge in [0.25, 0.3) is 0 Å². The van der Waals surface area contributed by atoms with Crippen LogP contribution in [0.15, 0.2) is 30.6 Å². The van der Waals surface area contributed by atoms with Crippen molar-refractivity contribution in [1.82, 2.24) is 25.4 Å². The monoisotopic (exact) mass is 347 g/mol. The SMILES string of the molecule is C[C@H](NC(=O)NC1(c2ccc(Cl)cc2)CCCC1)c1nncn1C. The number of hydrogen-bond donors (Lipinski definition) is 2. The van der Waals surface area contributed by atoms with Gasteiger partial charge in [-0.2, -0.15) is 0 Å². The lowest BCUT2D eigenvalue weighted by molar-refractivity contribution is 0.221. The van der Waals surface area contributed by atoms with Gasteiger partial charge in [0, 0.05) is 12.1 Å². The first-order valence-corrected chi connectivity index (χ1v) is 8.57. The number of aryl methyl sites for hydroxylation is 1. The second-order valence-corrected chi connectivity index (χ2v) is 6.85. The van der Waals surface area contributed by atoms with Gasteiger partial charge < -0.3 is 15.2 Å². The number of nitrogens with one attached hydrogen (secondary N) is 2. The largest absolute Gasteiger partial charge is 0.329 e. The van der Waals surface area contributed by atoms with E-state index in [0.29, 0.717) is 5.02 Å². The van der Waals surface area contributed by atoms with Crippen molar-refractivity contribution in [3.05, 3.63) is 47.0 Å². The van der Waals surface area contributed by atoms with Crippen molar-refractivity contribution in [1.29, 1.82) is 0 Å². The molecular weight excluding hydrogens is 326 g/mol. The van der Waals surface area contributed by atoms with Gasteiger partial charge in [0.05, 0.1) is 11.6 Å². The summed E-state index contributed by atoms with van der Waals surface area (Å²) in [6, 6.07) is 7.33. The fourth-order valence-corrected chi connectivity index (χ4v) is 3.56. The van der Waals surface area contributed by atoms with Crippen molar-refractivity contribution in [3.63, 3.8) is 0 Å². The summed E-state index contributed by atoms with van der Waals surface area (Å²) in [4.78, 5) is 12.6. The predicted octanol–water partition coefficient (Wildman–Crippen LogP) is 3.30. The molecule has 7 heteroatoms. The number of benzene rings is 1. The zero-order valence-corrected chi connectivity index (χ0v) is 14.7. The number of halogens is 1. The minimum atomic E-state index is -0.325. The summed E-state index contributed by atoms with van der Waals surface area (Å²) < 4.78 is 1.80. The third-order valence-corrected chi connectivity index (χ3v) is 4.94. The smallest absolute Gasteiger partial charge is 0.316 e. The van der Waals surface area contributed by atoms with Gasteiger partial charge in [-0.05, 0) is 37.5 Å². The Bertz CT molecular complexity index is 706. The van der Waals surface area contributed by atoms with Gasteiger partial charge in [-0.1, -0.05) is 36.6 Å². The first-order chi connectivity index (χ1) is 11.5. The summed E-state index contributed by atoms with van der Waals surface area (Å²) in [6.45, 7) is 1.90. The molecule has 1 aliphatic carbocycles. The van der Waals surface area contributed by atoms with Crippen molar-refractivity contribution in [3.8, 4) is 0 Å². The van der Waals surface area contributed by atoms with Crippen LogP contribution in [0.5, 0.6) is 0 Å². The molecule has 0 spiro atoms. The summed E-state index contributed by atoms with van der Waals surface area (Å²) >= 11 is 6.00. The van der Waals surface area contributed by atoms with Crippen molar-refractivity contribution >= 4 is 17.6 Å². The lowest BCUT2D eigenvalue weighted by atomic mass is 9.88. The zero-order valence-electron chi connectivity index (χ0n) is 13.9. The molecule has 0 bridgehead atoms. The van der Waals surface area contributed by atoms with Gasteiger partial charge in [-0.3, -0.25) is 0 Å². The highest BCUT2D eigenvalue weighted by Gasteiger charge is 2.37. The Morgan fingerprint density at radius 1 is 1.29 bits per heavy atom. The fraction of sp³-hybridized carbons (Fsp3) is 0.471. The topological polar surface area (TPSA) is 71.8 Å². The van der Waals surface area contributed by atoms with Crippen molar-refractivity contribution in [2.45, 2.75) is 44.2 Å². The van der Waals surface area contributed by atoms with E-state index in [4.69, 9.17) is 11.6 Å². The average molecular weight is 348 g/mol. The third kappa shape index (κ3) is 3.38. The van der Waals surface area contributed by atoms with Crippen LogP contribution in [0.1, 0.15) is 50.0 Å². The number of aromatic nitrogens is 3. The van der Waals surface area contributed by atoms with Gasteiger partial charge >= 0.3 is 6.03 Å². The van der Waals surface area contributed by atoms with Gasteiger partial charge in [0.2, 0.25) is 0 Å². The molecule has 1 fully saturated rings. The van der Waals surface area contributed by atoms with Crippen LogP contribution in [-0.4, -0.2) is 20.8 Å². The van der Waals surface area contributed by atoms with Crippen LogP contribution in [0.25, 0.3) is 0 Å². The number of carbonyl (C=O) groups is 1. The Balaban J connectivity index is 1.73. The van der Waals surface area contributed by atoms with Crippen LogP contribution in [0.3, 0.4) is 0 Å². The van der Waals surface area contributed by atoms with Gasteiger partial charge in [-0.15, -0.1) is 10.2 Å². The summed E-state index contributed by atoms with van der Waals surface area (Å²) in [5, 5.41) is 14.7. The summed E-state index contributed by atoms with van der Waals surface area (Å²) in [5.74, 6) is 0.720. The minimum absolute atomic E-state index is 0.192. The van der Waals surface area contributed by atoms with Gasteiger partial charge in [0.1, 0.15) is 6.33 Å². The second-order valence-electron chi connectivity index (χ2n) is 6.42. The first kappa shape index (κ1) is 16.8. The molecule has 1 saturated carbocycles. The molecule has 128 valence electrons. The van der Waals surface area contributed by atoms with Crippen LogP contribution in [0.2, 0.25) is 5.02 Å². The van der Waals surface area contributed by atoms with Crippen molar-refractivity contribution in [2.75, 3.05) is 0 Å². The molecule has 6 nitrogen and oxygen atoms in total. The Morgan fingerprint density at radius 3 is 2.54 bits per heavy atom. The van der Waals surface area contributed by atoms with Crippen molar-refractivity contribution < 1.29 is 4.79 Å². The third-order valence-electron chi connectivity index (χ3n) is 4.69. The van der Waals surface area contributed by atoms with E-state index in [9.17, 15) is 4.79 Å². The van der Waals surface area contributed by atoms with E-state index in [2.05, 4.69) is 20.8 Å². The standard InChI is InChI=1S/C17H22ClN5O/c1-12(15-22-19-11-23(15)2)20-16(24)21-17(9-3-4-10-17)13-5-7-14(18)8-6-13/h5-8,11-12H,3-4,9-10H2,1-2H3,(H2,20,21,24)/t12-/m0/s1.